The van der Waals surface area contributed by atoms with Gasteiger partial charge in [-0.1, -0.05) is 11.6 Å². The summed E-state index contributed by atoms with van der Waals surface area (Å²) in [6.07, 6.45) is 3.29. The van der Waals surface area contributed by atoms with Gasteiger partial charge in [0.2, 0.25) is 0 Å². The normalized spacial score (nSPS) is 11.0. The number of anilines is 2. The molecule has 0 spiro atoms. The Labute approximate surface area is 141 Å². The molecule has 0 bridgehead atoms. The molecule has 4 rings (SSSR count). The topological polar surface area (TPSA) is 90.9 Å². The molecule has 0 saturated carbocycles. The Morgan fingerprint density at radius 1 is 1.17 bits per heavy atom. The fourth-order valence-corrected chi connectivity index (χ4v) is 2.73. The van der Waals surface area contributed by atoms with Gasteiger partial charge >= 0.3 is 5.97 Å². The maximum absolute atomic E-state index is 11.3. The van der Waals surface area contributed by atoms with Gasteiger partial charge in [-0.25, -0.2) is 9.78 Å². The summed E-state index contributed by atoms with van der Waals surface area (Å²) in [4.78, 5) is 22.9. The van der Waals surface area contributed by atoms with Crippen molar-refractivity contribution in [1.82, 2.24) is 15.0 Å². The Bertz CT molecular complexity index is 1070. The number of carbonyl (C=O) groups is 1. The molecule has 4 aromatic rings. The van der Waals surface area contributed by atoms with Crippen molar-refractivity contribution in [2.75, 3.05) is 5.32 Å². The molecule has 6 nitrogen and oxygen atoms in total. The zero-order chi connectivity index (χ0) is 16.7. The molecule has 3 aromatic heterocycles. The summed E-state index contributed by atoms with van der Waals surface area (Å²) in [5.74, 6) is -0.470. The smallest absolute Gasteiger partial charge is 0.352 e. The van der Waals surface area contributed by atoms with Crippen molar-refractivity contribution in [3.63, 3.8) is 0 Å². The highest BCUT2D eigenvalue weighted by Gasteiger charge is 2.15. The third-order valence-electron chi connectivity index (χ3n) is 3.71. The number of nitrogens with zero attached hydrogens (tertiary/aromatic N) is 2. The second-order valence-corrected chi connectivity index (χ2v) is 5.70. The third-order valence-corrected chi connectivity index (χ3v) is 3.96. The second kappa shape index (κ2) is 5.50. The molecule has 3 heterocycles. The van der Waals surface area contributed by atoms with Crippen LogP contribution in [0.15, 0.2) is 48.8 Å². The van der Waals surface area contributed by atoms with Gasteiger partial charge in [0.05, 0.1) is 17.2 Å². The Hall–Kier alpha value is -3.12. The lowest BCUT2D eigenvalue weighted by Gasteiger charge is -2.09. The molecular formula is C17H11ClN4O2. The molecule has 24 heavy (non-hydrogen) atoms. The lowest BCUT2D eigenvalue weighted by atomic mass is 10.2. The third kappa shape index (κ3) is 2.43. The molecule has 0 atom stereocenters. The van der Waals surface area contributed by atoms with E-state index >= 15 is 0 Å². The van der Waals surface area contributed by atoms with Crippen molar-refractivity contribution in [1.29, 1.82) is 0 Å². The Balaban J connectivity index is 1.94. The van der Waals surface area contributed by atoms with Gasteiger partial charge in [-0.05, 0) is 36.4 Å². The number of pyridine rings is 2. The maximum atomic E-state index is 11.3. The first-order valence-corrected chi connectivity index (χ1v) is 7.52. The number of carboxylic acid groups (broad SMARTS) is 1. The Kier molecular flexibility index (Phi) is 3.32. The van der Waals surface area contributed by atoms with Crippen molar-refractivity contribution in [3.05, 3.63) is 59.5 Å². The minimum Gasteiger partial charge on any atom is -0.477 e. The van der Waals surface area contributed by atoms with Crippen LogP contribution in [0.5, 0.6) is 0 Å². The van der Waals surface area contributed by atoms with Gasteiger partial charge in [0.25, 0.3) is 0 Å². The van der Waals surface area contributed by atoms with E-state index in [0.29, 0.717) is 27.3 Å². The number of aromatic amines is 1. The van der Waals surface area contributed by atoms with Crippen molar-refractivity contribution < 1.29 is 9.90 Å². The van der Waals surface area contributed by atoms with E-state index in [1.807, 2.05) is 12.1 Å². The first kappa shape index (κ1) is 14.5. The second-order valence-electron chi connectivity index (χ2n) is 5.26. The number of halogens is 1. The van der Waals surface area contributed by atoms with Crippen molar-refractivity contribution in [3.8, 4) is 0 Å². The van der Waals surface area contributed by atoms with E-state index in [9.17, 15) is 9.90 Å². The van der Waals surface area contributed by atoms with E-state index in [0.717, 1.165) is 11.1 Å². The number of hydrogen-bond acceptors (Lipinski definition) is 4. The number of nitrogens with one attached hydrogen (secondary N) is 2. The van der Waals surface area contributed by atoms with E-state index in [-0.39, 0.29) is 5.69 Å². The molecule has 7 heteroatoms. The molecule has 3 N–H and O–H groups in total. The molecular weight excluding hydrogens is 328 g/mol. The van der Waals surface area contributed by atoms with E-state index < -0.39 is 5.97 Å². The first-order chi connectivity index (χ1) is 11.6. The summed E-state index contributed by atoms with van der Waals surface area (Å²) >= 11 is 5.90. The predicted octanol–water partition coefficient (Wildman–Crippen LogP) is 4.21. The molecule has 0 radical (unpaired) electrons. The van der Waals surface area contributed by atoms with Crippen LogP contribution in [0.3, 0.4) is 0 Å². The zero-order valence-corrected chi connectivity index (χ0v) is 13.0. The molecule has 0 aliphatic rings. The minimum absolute atomic E-state index is 0.107. The van der Waals surface area contributed by atoms with Crippen molar-refractivity contribution in [2.45, 2.75) is 0 Å². The van der Waals surface area contributed by atoms with Gasteiger partial charge in [0.1, 0.15) is 11.5 Å². The van der Waals surface area contributed by atoms with Gasteiger partial charge in [0, 0.05) is 27.7 Å². The summed E-state index contributed by atoms with van der Waals surface area (Å²) < 4.78 is 0. The number of H-pyrrole nitrogens is 1. The molecule has 0 unspecified atom stereocenters. The molecule has 0 aliphatic heterocycles. The van der Waals surface area contributed by atoms with Gasteiger partial charge in [-0.15, -0.1) is 0 Å². The number of hydrogen-bond donors (Lipinski definition) is 3. The Morgan fingerprint density at radius 3 is 2.71 bits per heavy atom. The van der Waals surface area contributed by atoms with Gasteiger partial charge in [-0.3, -0.25) is 4.98 Å². The molecule has 0 amide bonds. The number of aromatic carboxylic acids is 1. The highest BCUT2D eigenvalue weighted by atomic mass is 35.5. The molecule has 1 aromatic carbocycles. The van der Waals surface area contributed by atoms with E-state index in [1.165, 1.54) is 0 Å². The largest absolute Gasteiger partial charge is 0.477 e. The van der Waals surface area contributed by atoms with Crippen LogP contribution in [0.4, 0.5) is 11.5 Å². The van der Waals surface area contributed by atoms with Crippen molar-refractivity contribution in [2.24, 2.45) is 0 Å². The van der Waals surface area contributed by atoms with Crippen molar-refractivity contribution >= 4 is 50.9 Å². The van der Waals surface area contributed by atoms with Crippen LogP contribution in [0.2, 0.25) is 5.02 Å². The van der Waals surface area contributed by atoms with Crippen LogP contribution in [0, 0.1) is 0 Å². The number of carboxylic acids is 1. The standard InChI is InChI=1S/C17H11ClN4O2/c18-9-1-3-10(4-2-9)20-16-12-7-13(17(23)24)21-15(12)11-5-6-19-8-14(11)22-16/h1-8,21H,(H,20,22)(H,23,24). The van der Waals surface area contributed by atoms with E-state index in [1.54, 1.807) is 36.7 Å². The summed E-state index contributed by atoms with van der Waals surface area (Å²) in [6, 6.07) is 10.6. The molecule has 0 saturated heterocycles. The average Bonchev–Trinajstić information content (AvgIpc) is 3.03. The lowest BCUT2D eigenvalue weighted by Crippen LogP contribution is -1.95. The molecule has 118 valence electrons. The molecule has 0 aliphatic carbocycles. The maximum Gasteiger partial charge on any atom is 0.352 e. The number of aromatic nitrogens is 3. The zero-order valence-electron chi connectivity index (χ0n) is 12.2. The first-order valence-electron chi connectivity index (χ1n) is 7.14. The van der Waals surface area contributed by atoms with Crippen LogP contribution in [0.1, 0.15) is 10.5 Å². The van der Waals surface area contributed by atoms with E-state index in [4.69, 9.17) is 11.6 Å². The fourth-order valence-electron chi connectivity index (χ4n) is 2.60. The highest BCUT2D eigenvalue weighted by molar-refractivity contribution is 6.30. The summed E-state index contributed by atoms with van der Waals surface area (Å²) in [5.41, 5.74) is 2.28. The summed E-state index contributed by atoms with van der Waals surface area (Å²) in [6.45, 7) is 0. The van der Waals surface area contributed by atoms with Crippen LogP contribution < -0.4 is 5.32 Å². The number of fused-ring (bicyclic) bond motifs is 3. The minimum atomic E-state index is -1.02. The molecule has 0 fully saturated rings. The van der Waals surface area contributed by atoms with Gasteiger partial charge in [-0.2, -0.15) is 0 Å². The SMILES string of the molecule is O=C(O)c1cc2c(Nc3ccc(Cl)cc3)nc3cnccc3c2[nH]1. The van der Waals surface area contributed by atoms with E-state index in [2.05, 4.69) is 20.3 Å². The lowest BCUT2D eigenvalue weighted by molar-refractivity contribution is 0.0691. The predicted molar refractivity (Wildman–Crippen MR) is 93.1 cm³/mol. The van der Waals surface area contributed by atoms with Gasteiger partial charge in [0.15, 0.2) is 0 Å². The van der Waals surface area contributed by atoms with Crippen LogP contribution in [-0.2, 0) is 0 Å². The fraction of sp³-hybridized carbons (Fsp3) is 0. The summed E-state index contributed by atoms with van der Waals surface area (Å²) in [7, 11) is 0. The van der Waals surface area contributed by atoms with Crippen LogP contribution in [0.25, 0.3) is 21.8 Å². The summed E-state index contributed by atoms with van der Waals surface area (Å²) in [5, 5.41) is 14.6. The van der Waals surface area contributed by atoms with Crippen LogP contribution in [-0.4, -0.2) is 26.0 Å². The number of rotatable bonds is 3. The monoisotopic (exact) mass is 338 g/mol. The highest BCUT2D eigenvalue weighted by Crippen LogP contribution is 2.31. The van der Waals surface area contributed by atoms with Gasteiger partial charge < -0.3 is 15.4 Å². The van der Waals surface area contributed by atoms with Crippen LogP contribution >= 0.6 is 11.6 Å². The Morgan fingerprint density at radius 2 is 1.96 bits per heavy atom. The quantitative estimate of drug-likeness (QED) is 0.520. The number of benzene rings is 1. The average molecular weight is 339 g/mol.